The first-order valence-electron chi connectivity index (χ1n) is 3.90. The molecule has 0 N–H and O–H groups in total. The van der Waals surface area contributed by atoms with Crippen molar-refractivity contribution in [3.8, 4) is 0 Å². The molecule has 0 aromatic rings. The van der Waals surface area contributed by atoms with Crippen LogP contribution in [0.4, 0.5) is 13.2 Å². The average molecular weight is 260 g/mol. The van der Waals surface area contributed by atoms with E-state index in [1.54, 1.807) is 0 Å². The topological polar surface area (TPSA) is 20.3 Å². The molecule has 0 unspecified atom stereocenters. The van der Waals surface area contributed by atoms with Gasteiger partial charge in [-0.15, -0.1) is 0 Å². The van der Waals surface area contributed by atoms with Crippen molar-refractivity contribution in [2.75, 3.05) is 13.1 Å². The fourth-order valence-electron chi connectivity index (χ4n) is 1.27. The molecule has 1 aliphatic rings. The highest BCUT2D eigenvalue weighted by molar-refractivity contribution is 9.10. The van der Waals surface area contributed by atoms with Crippen LogP contribution in [0.5, 0.6) is 0 Å². The largest absolute Gasteiger partial charge is 0.406 e. The van der Waals surface area contributed by atoms with Gasteiger partial charge in [0.15, 0.2) is 0 Å². The lowest BCUT2D eigenvalue weighted by molar-refractivity contribution is -0.162. The molecule has 0 spiro atoms. The second-order valence-corrected chi connectivity index (χ2v) is 4.09. The lowest BCUT2D eigenvalue weighted by Gasteiger charge is -2.30. The van der Waals surface area contributed by atoms with Crippen LogP contribution in [0.2, 0.25) is 0 Å². The number of hydrogen-bond acceptors (Lipinski definition) is 1. The summed E-state index contributed by atoms with van der Waals surface area (Å²) < 4.78 is 35.8. The minimum atomic E-state index is -4.29. The molecule has 1 saturated heterocycles. The van der Waals surface area contributed by atoms with Crippen LogP contribution < -0.4 is 0 Å². The summed E-state index contributed by atoms with van der Waals surface area (Å²) in [6.07, 6.45) is -3.05. The number of piperidine rings is 1. The third-order valence-corrected chi connectivity index (χ3v) is 2.68. The number of carbonyl (C=O) groups excluding carboxylic acids is 1. The van der Waals surface area contributed by atoms with Crippen LogP contribution in [-0.4, -0.2) is 34.9 Å². The molecule has 1 rings (SSSR count). The SMILES string of the molecule is O=C1[C@H](Br)CCCN1CC(F)(F)F. The summed E-state index contributed by atoms with van der Waals surface area (Å²) in [6.45, 7) is -0.922. The molecule has 76 valence electrons. The number of halogens is 4. The van der Waals surface area contributed by atoms with Crippen LogP contribution in [0.15, 0.2) is 0 Å². The first-order valence-corrected chi connectivity index (χ1v) is 4.81. The first kappa shape index (κ1) is 10.8. The molecule has 1 heterocycles. The quantitative estimate of drug-likeness (QED) is 0.660. The van der Waals surface area contributed by atoms with Gasteiger partial charge in [0, 0.05) is 6.54 Å². The smallest absolute Gasteiger partial charge is 0.333 e. The molecule has 0 aromatic heterocycles. The van der Waals surface area contributed by atoms with Crippen LogP contribution >= 0.6 is 15.9 Å². The molecular weight excluding hydrogens is 251 g/mol. The maximum absolute atomic E-state index is 11.9. The molecule has 0 aromatic carbocycles. The van der Waals surface area contributed by atoms with E-state index in [-0.39, 0.29) is 6.54 Å². The highest BCUT2D eigenvalue weighted by atomic mass is 79.9. The normalized spacial score (nSPS) is 25.1. The summed E-state index contributed by atoms with van der Waals surface area (Å²) in [7, 11) is 0. The predicted octanol–water partition coefficient (Wildman–Crippen LogP) is 1.93. The monoisotopic (exact) mass is 259 g/mol. The molecule has 0 aliphatic carbocycles. The number of nitrogens with zero attached hydrogens (tertiary/aromatic N) is 1. The molecule has 1 aliphatic heterocycles. The van der Waals surface area contributed by atoms with Crippen LogP contribution in [0.1, 0.15) is 12.8 Å². The van der Waals surface area contributed by atoms with E-state index in [2.05, 4.69) is 15.9 Å². The summed E-state index contributed by atoms with van der Waals surface area (Å²) in [4.78, 5) is 11.6. The predicted molar refractivity (Wildman–Crippen MR) is 44.6 cm³/mol. The van der Waals surface area contributed by atoms with Crippen molar-refractivity contribution in [3.05, 3.63) is 0 Å². The second-order valence-electron chi connectivity index (χ2n) is 2.98. The molecule has 1 fully saturated rings. The maximum atomic E-state index is 11.9. The molecule has 0 radical (unpaired) electrons. The molecule has 0 saturated carbocycles. The van der Waals surface area contributed by atoms with E-state index in [4.69, 9.17) is 0 Å². The van der Waals surface area contributed by atoms with Gasteiger partial charge in [-0.2, -0.15) is 13.2 Å². The summed E-state index contributed by atoms with van der Waals surface area (Å²) in [6, 6.07) is 0. The molecule has 6 heteroatoms. The summed E-state index contributed by atoms with van der Waals surface area (Å²) in [5.41, 5.74) is 0. The zero-order valence-electron chi connectivity index (χ0n) is 6.77. The first-order chi connectivity index (χ1) is 5.90. The van der Waals surface area contributed by atoms with Gasteiger partial charge < -0.3 is 4.90 Å². The van der Waals surface area contributed by atoms with E-state index in [1.165, 1.54) is 0 Å². The lowest BCUT2D eigenvalue weighted by atomic mass is 10.1. The van der Waals surface area contributed by atoms with E-state index in [0.29, 0.717) is 12.8 Å². The van der Waals surface area contributed by atoms with Crippen molar-refractivity contribution >= 4 is 21.8 Å². The van der Waals surface area contributed by atoms with Crippen molar-refractivity contribution in [2.45, 2.75) is 23.8 Å². The summed E-state index contributed by atoms with van der Waals surface area (Å²) >= 11 is 3.04. The van der Waals surface area contributed by atoms with Crippen LogP contribution in [0.3, 0.4) is 0 Å². The van der Waals surface area contributed by atoms with Gasteiger partial charge in [0.25, 0.3) is 0 Å². The minimum absolute atomic E-state index is 0.209. The Labute approximate surface area is 82.2 Å². The van der Waals surface area contributed by atoms with Crippen molar-refractivity contribution in [2.24, 2.45) is 0 Å². The standard InChI is InChI=1S/C7H9BrF3NO/c8-5-2-1-3-12(6(5)13)4-7(9,10)11/h5H,1-4H2/t5-/m1/s1. The Morgan fingerprint density at radius 1 is 1.54 bits per heavy atom. The Morgan fingerprint density at radius 2 is 2.15 bits per heavy atom. The van der Waals surface area contributed by atoms with Gasteiger partial charge in [-0.3, -0.25) is 4.79 Å². The van der Waals surface area contributed by atoms with Crippen LogP contribution in [0.25, 0.3) is 0 Å². The van der Waals surface area contributed by atoms with E-state index in [1.807, 2.05) is 0 Å². The summed E-state index contributed by atoms with van der Waals surface area (Å²) in [5.74, 6) is -0.455. The Bertz CT molecular complexity index is 206. The van der Waals surface area contributed by atoms with Crippen LogP contribution in [0, 0.1) is 0 Å². The Balaban J connectivity index is 2.54. The zero-order chi connectivity index (χ0) is 10.1. The molecular formula is C7H9BrF3NO. The third-order valence-electron chi connectivity index (χ3n) is 1.84. The average Bonchev–Trinajstić information content (AvgIpc) is 1.96. The highest BCUT2D eigenvalue weighted by Crippen LogP contribution is 2.23. The molecule has 1 atom stereocenters. The van der Waals surface area contributed by atoms with Gasteiger partial charge in [-0.1, -0.05) is 15.9 Å². The minimum Gasteiger partial charge on any atom is -0.333 e. The van der Waals surface area contributed by atoms with Crippen molar-refractivity contribution in [3.63, 3.8) is 0 Å². The van der Waals surface area contributed by atoms with Crippen molar-refractivity contribution in [1.29, 1.82) is 0 Å². The molecule has 0 bridgehead atoms. The van der Waals surface area contributed by atoms with Crippen molar-refractivity contribution in [1.82, 2.24) is 4.90 Å². The number of carbonyl (C=O) groups is 1. The van der Waals surface area contributed by atoms with E-state index < -0.39 is 23.5 Å². The fraction of sp³-hybridized carbons (Fsp3) is 0.857. The third kappa shape index (κ3) is 3.17. The van der Waals surface area contributed by atoms with Gasteiger partial charge in [0.05, 0.1) is 4.83 Å². The van der Waals surface area contributed by atoms with Gasteiger partial charge in [0.1, 0.15) is 6.54 Å². The maximum Gasteiger partial charge on any atom is 0.406 e. The van der Waals surface area contributed by atoms with Crippen LogP contribution in [-0.2, 0) is 4.79 Å². The molecule has 2 nitrogen and oxygen atoms in total. The highest BCUT2D eigenvalue weighted by Gasteiger charge is 2.36. The van der Waals surface area contributed by atoms with Gasteiger partial charge in [-0.05, 0) is 12.8 Å². The van der Waals surface area contributed by atoms with Gasteiger partial charge >= 0.3 is 6.18 Å². The van der Waals surface area contributed by atoms with E-state index >= 15 is 0 Å². The van der Waals surface area contributed by atoms with E-state index in [0.717, 1.165) is 4.90 Å². The number of amides is 1. The molecule has 1 amide bonds. The number of rotatable bonds is 1. The van der Waals surface area contributed by atoms with Gasteiger partial charge in [-0.25, -0.2) is 0 Å². The second kappa shape index (κ2) is 3.86. The number of likely N-dealkylation sites (tertiary alicyclic amines) is 1. The molecule has 13 heavy (non-hydrogen) atoms. The Hall–Kier alpha value is -0.260. The Kier molecular flexibility index (Phi) is 3.21. The lowest BCUT2D eigenvalue weighted by Crippen LogP contribution is -2.46. The van der Waals surface area contributed by atoms with Crippen molar-refractivity contribution < 1.29 is 18.0 Å². The Morgan fingerprint density at radius 3 is 2.69 bits per heavy atom. The fourth-order valence-corrected chi connectivity index (χ4v) is 1.88. The number of hydrogen-bond donors (Lipinski definition) is 0. The van der Waals surface area contributed by atoms with Gasteiger partial charge in [0.2, 0.25) is 5.91 Å². The number of alkyl halides is 4. The zero-order valence-corrected chi connectivity index (χ0v) is 8.36. The summed E-state index contributed by atoms with van der Waals surface area (Å²) in [5, 5.41) is 0. The van der Waals surface area contributed by atoms with E-state index in [9.17, 15) is 18.0 Å².